The van der Waals surface area contributed by atoms with E-state index >= 15 is 0 Å². The van der Waals surface area contributed by atoms with Crippen LogP contribution in [0.3, 0.4) is 0 Å². The normalized spacial score (nSPS) is 11.0. The van der Waals surface area contributed by atoms with Crippen molar-refractivity contribution in [2.24, 2.45) is 0 Å². The Morgan fingerprint density at radius 3 is 2.48 bits per heavy atom. The summed E-state index contributed by atoms with van der Waals surface area (Å²) in [5, 5.41) is 2.39. The minimum absolute atomic E-state index is 0.695. The van der Waals surface area contributed by atoms with E-state index in [1.165, 1.54) is 10.8 Å². The largest absolute Gasteiger partial charge is 0.314 e. The van der Waals surface area contributed by atoms with Gasteiger partial charge in [0, 0.05) is 17.3 Å². The van der Waals surface area contributed by atoms with Crippen LogP contribution in [0, 0.1) is 0 Å². The Morgan fingerprint density at radius 1 is 0.810 bits per heavy atom. The summed E-state index contributed by atoms with van der Waals surface area (Å²) < 4.78 is 1.93. The van der Waals surface area contributed by atoms with Crippen LogP contribution in [0.1, 0.15) is 10.5 Å². The SMILES string of the molecule is O=Cc1c(-c2ccc3ccccc3c2)cc2ccccn12. The van der Waals surface area contributed by atoms with Crippen molar-refractivity contribution >= 4 is 22.6 Å². The van der Waals surface area contributed by atoms with Crippen LogP contribution in [0.4, 0.5) is 0 Å². The lowest BCUT2D eigenvalue weighted by molar-refractivity contribution is 0.111. The molecule has 0 fully saturated rings. The molecule has 2 nitrogen and oxygen atoms in total. The molecule has 21 heavy (non-hydrogen) atoms. The first kappa shape index (κ1) is 11.9. The van der Waals surface area contributed by atoms with Crippen molar-refractivity contribution in [3.63, 3.8) is 0 Å². The number of benzene rings is 2. The highest BCUT2D eigenvalue weighted by Crippen LogP contribution is 2.29. The van der Waals surface area contributed by atoms with Gasteiger partial charge in [0.15, 0.2) is 6.29 Å². The van der Waals surface area contributed by atoms with Crippen molar-refractivity contribution in [3.05, 3.63) is 78.6 Å². The van der Waals surface area contributed by atoms with E-state index in [2.05, 4.69) is 36.4 Å². The molecule has 2 aromatic carbocycles. The summed E-state index contributed by atoms with van der Waals surface area (Å²) in [4.78, 5) is 11.5. The first-order valence-electron chi connectivity index (χ1n) is 6.91. The zero-order chi connectivity index (χ0) is 14.2. The van der Waals surface area contributed by atoms with Gasteiger partial charge in [0.05, 0.1) is 5.69 Å². The summed E-state index contributed by atoms with van der Waals surface area (Å²) in [6.45, 7) is 0. The molecule has 0 saturated heterocycles. The van der Waals surface area contributed by atoms with Crippen molar-refractivity contribution in [2.45, 2.75) is 0 Å². The second kappa shape index (κ2) is 4.60. The van der Waals surface area contributed by atoms with Gasteiger partial charge in [-0.3, -0.25) is 4.79 Å². The average molecular weight is 271 g/mol. The molecule has 4 rings (SSSR count). The summed E-state index contributed by atoms with van der Waals surface area (Å²) in [6, 6.07) is 22.5. The second-order valence-electron chi connectivity index (χ2n) is 5.12. The van der Waals surface area contributed by atoms with Gasteiger partial charge in [-0.2, -0.15) is 0 Å². The molecule has 0 amide bonds. The maximum atomic E-state index is 11.5. The highest BCUT2D eigenvalue weighted by atomic mass is 16.1. The van der Waals surface area contributed by atoms with E-state index < -0.39 is 0 Å². The Bertz CT molecular complexity index is 966. The summed E-state index contributed by atoms with van der Waals surface area (Å²) in [7, 11) is 0. The van der Waals surface area contributed by atoms with E-state index in [4.69, 9.17) is 0 Å². The fourth-order valence-corrected chi connectivity index (χ4v) is 2.85. The van der Waals surface area contributed by atoms with Crippen LogP contribution in [0.5, 0.6) is 0 Å². The number of hydrogen-bond acceptors (Lipinski definition) is 1. The van der Waals surface area contributed by atoms with Gasteiger partial charge >= 0.3 is 0 Å². The number of aldehydes is 1. The van der Waals surface area contributed by atoms with Gasteiger partial charge in [0.25, 0.3) is 0 Å². The Labute approximate surface area is 122 Å². The minimum atomic E-state index is 0.695. The topological polar surface area (TPSA) is 21.5 Å². The zero-order valence-corrected chi connectivity index (χ0v) is 11.4. The third kappa shape index (κ3) is 1.84. The van der Waals surface area contributed by atoms with Gasteiger partial charge in [-0.1, -0.05) is 42.5 Å². The van der Waals surface area contributed by atoms with E-state index in [1.54, 1.807) is 0 Å². The van der Waals surface area contributed by atoms with Gasteiger partial charge in [0.2, 0.25) is 0 Å². The maximum absolute atomic E-state index is 11.5. The van der Waals surface area contributed by atoms with Crippen molar-refractivity contribution in [1.29, 1.82) is 0 Å². The van der Waals surface area contributed by atoms with E-state index in [1.807, 2.05) is 40.9 Å². The van der Waals surface area contributed by atoms with Crippen LogP contribution < -0.4 is 0 Å². The third-order valence-corrected chi connectivity index (χ3v) is 3.89. The van der Waals surface area contributed by atoms with Crippen molar-refractivity contribution in [2.75, 3.05) is 0 Å². The van der Waals surface area contributed by atoms with Crippen LogP contribution >= 0.6 is 0 Å². The molecule has 0 N–H and O–H groups in total. The Hall–Kier alpha value is -2.87. The lowest BCUT2D eigenvalue weighted by atomic mass is 10.0. The maximum Gasteiger partial charge on any atom is 0.167 e. The molecule has 0 aliphatic carbocycles. The van der Waals surface area contributed by atoms with Crippen molar-refractivity contribution in [3.8, 4) is 11.1 Å². The zero-order valence-electron chi connectivity index (χ0n) is 11.4. The predicted octanol–water partition coefficient (Wildman–Crippen LogP) is 4.57. The highest BCUT2D eigenvalue weighted by molar-refractivity contribution is 5.93. The molecule has 2 heteroatoms. The number of aromatic nitrogens is 1. The quantitative estimate of drug-likeness (QED) is 0.489. The molecule has 2 heterocycles. The van der Waals surface area contributed by atoms with E-state index in [0.29, 0.717) is 5.69 Å². The predicted molar refractivity (Wildman–Crippen MR) is 85.7 cm³/mol. The van der Waals surface area contributed by atoms with Crippen molar-refractivity contribution < 1.29 is 4.79 Å². The van der Waals surface area contributed by atoms with Crippen LogP contribution in [-0.4, -0.2) is 10.7 Å². The van der Waals surface area contributed by atoms with Gasteiger partial charge in [-0.25, -0.2) is 0 Å². The molecule has 0 bridgehead atoms. The monoisotopic (exact) mass is 271 g/mol. The minimum Gasteiger partial charge on any atom is -0.314 e. The molecule has 4 aromatic rings. The Kier molecular flexibility index (Phi) is 2.61. The van der Waals surface area contributed by atoms with Crippen LogP contribution in [0.25, 0.3) is 27.4 Å². The number of hydrogen-bond donors (Lipinski definition) is 0. The smallest absolute Gasteiger partial charge is 0.167 e. The lowest BCUT2D eigenvalue weighted by Crippen LogP contribution is -1.91. The molecule has 0 aliphatic rings. The summed E-state index contributed by atoms with van der Waals surface area (Å²) in [5.41, 5.74) is 3.77. The fourth-order valence-electron chi connectivity index (χ4n) is 2.85. The van der Waals surface area contributed by atoms with Gasteiger partial charge in [-0.15, -0.1) is 0 Å². The number of pyridine rings is 1. The number of fused-ring (bicyclic) bond motifs is 2. The molecule has 0 saturated carbocycles. The van der Waals surface area contributed by atoms with E-state index in [-0.39, 0.29) is 0 Å². The lowest BCUT2D eigenvalue weighted by Gasteiger charge is -2.03. The summed E-state index contributed by atoms with van der Waals surface area (Å²) >= 11 is 0. The van der Waals surface area contributed by atoms with Crippen LogP contribution in [0.2, 0.25) is 0 Å². The first-order chi connectivity index (χ1) is 10.4. The standard InChI is InChI=1S/C19H13NO/c21-13-19-18(12-17-7-3-4-10-20(17)19)16-9-8-14-5-1-2-6-15(14)11-16/h1-13H. The second-order valence-corrected chi connectivity index (χ2v) is 5.12. The third-order valence-electron chi connectivity index (χ3n) is 3.89. The molecule has 0 spiro atoms. The molecule has 0 aliphatic heterocycles. The van der Waals surface area contributed by atoms with Crippen LogP contribution in [0.15, 0.2) is 72.9 Å². The molecular weight excluding hydrogens is 258 g/mol. The highest BCUT2D eigenvalue weighted by Gasteiger charge is 2.11. The van der Waals surface area contributed by atoms with Crippen molar-refractivity contribution in [1.82, 2.24) is 4.40 Å². The van der Waals surface area contributed by atoms with Gasteiger partial charge in [0.1, 0.15) is 0 Å². The number of carbonyl (C=O) groups excluding carboxylic acids is 1. The number of carbonyl (C=O) groups is 1. The number of rotatable bonds is 2. The van der Waals surface area contributed by atoms with Gasteiger partial charge < -0.3 is 4.40 Å². The molecule has 0 unspecified atom stereocenters. The Balaban J connectivity index is 2.01. The van der Waals surface area contributed by atoms with Crippen LogP contribution in [-0.2, 0) is 0 Å². The van der Waals surface area contributed by atoms with E-state index in [9.17, 15) is 4.79 Å². The van der Waals surface area contributed by atoms with Gasteiger partial charge in [-0.05, 0) is 40.6 Å². The molecule has 0 radical (unpaired) electrons. The molecule has 2 aromatic heterocycles. The van der Waals surface area contributed by atoms with E-state index in [0.717, 1.165) is 22.9 Å². The summed E-state index contributed by atoms with van der Waals surface area (Å²) in [5.74, 6) is 0. The average Bonchev–Trinajstić information content (AvgIpc) is 2.93. The molecular formula is C19H13NO. The molecule has 100 valence electrons. The Morgan fingerprint density at radius 2 is 1.62 bits per heavy atom. The first-order valence-corrected chi connectivity index (χ1v) is 6.91. The number of nitrogens with zero attached hydrogens (tertiary/aromatic N) is 1. The summed E-state index contributed by atoms with van der Waals surface area (Å²) in [6.07, 6.45) is 2.85. The fraction of sp³-hybridized carbons (Fsp3) is 0. The molecule has 0 atom stereocenters.